The number of methoxy groups -OCH3 is 1. The van der Waals surface area contributed by atoms with Gasteiger partial charge in [-0.05, 0) is 56.0 Å². The van der Waals surface area contributed by atoms with Crippen LogP contribution in [0, 0.1) is 12.3 Å². The van der Waals surface area contributed by atoms with E-state index >= 15 is 0 Å². The van der Waals surface area contributed by atoms with E-state index in [-0.39, 0.29) is 6.79 Å². The van der Waals surface area contributed by atoms with E-state index in [9.17, 15) is 9.90 Å². The molecule has 0 radical (unpaired) electrons. The van der Waals surface area contributed by atoms with E-state index in [1.807, 2.05) is 12.1 Å². The fourth-order valence-corrected chi connectivity index (χ4v) is 3.64. The number of ether oxygens (including phenoxy) is 3. The summed E-state index contributed by atoms with van der Waals surface area (Å²) in [5.74, 6) is 0.845. The van der Waals surface area contributed by atoms with E-state index in [0.29, 0.717) is 26.0 Å². The van der Waals surface area contributed by atoms with Gasteiger partial charge in [-0.15, -0.1) is 0 Å². The van der Waals surface area contributed by atoms with Crippen LogP contribution in [-0.4, -0.2) is 49.6 Å². The number of hydrogen-bond donors (Lipinski definition) is 1. The van der Waals surface area contributed by atoms with Crippen LogP contribution >= 0.6 is 0 Å². The van der Waals surface area contributed by atoms with Gasteiger partial charge in [-0.3, -0.25) is 9.69 Å². The zero-order valence-electron chi connectivity index (χ0n) is 14.3. The molecule has 132 valence electrons. The predicted octanol–water partition coefficient (Wildman–Crippen LogP) is 2.43. The van der Waals surface area contributed by atoms with Crippen molar-refractivity contribution in [1.29, 1.82) is 0 Å². The van der Waals surface area contributed by atoms with Crippen LogP contribution in [0.3, 0.4) is 0 Å². The van der Waals surface area contributed by atoms with E-state index in [1.165, 1.54) is 0 Å². The summed E-state index contributed by atoms with van der Waals surface area (Å²) in [5.41, 5.74) is 1.59. The Kier molecular flexibility index (Phi) is 4.96. The Hall–Kier alpha value is -1.79. The Morgan fingerprint density at radius 3 is 2.83 bits per heavy atom. The molecule has 1 atom stereocenters. The Labute approximate surface area is 142 Å². The number of hydrogen-bond acceptors (Lipinski definition) is 5. The molecule has 0 bridgehead atoms. The maximum Gasteiger partial charge on any atom is 0.311 e. The fraction of sp³-hybridized carbons (Fsp3) is 0.611. The van der Waals surface area contributed by atoms with Crippen molar-refractivity contribution >= 4 is 5.97 Å². The number of likely N-dealkylation sites (tertiary alicyclic amines) is 1. The van der Waals surface area contributed by atoms with Crippen LogP contribution in [0.4, 0.5) is 0 Å². The third-order valence-corrected chi connectivity index (χ3v) is 5.12. The van der Waals surface area contributed by atoms with Crippen LogP contribution < -0.4 is 9.47 Å². The van der Waals surface area contributed by atoms with Gasteiger partial charge >= 0.3 is 5.97 Å². The lowest BCUT2D eigenvalue weighted by molar-refractivity contribution is -0.154. The third-order valence-electron chi connectivity index (χ3n) is 5.12. The highest BCUT2D eigenvalue weighted by Crippen LogP contribution is 2.37. The number of rotatable bonds is 6. The van der Waals surface area contributed by atoms with E-state index in [0.717, 1.165) is 42.1 Å². The van der Waals surface area contributed by atoms with E-state index < -0.39 is 11.4 Å². The number of carbonyl (C=O) groups is 1. The van der Waals surface area contributed by atoms with Gasteiger partial charge in [0.15, 0.2) is 11.5 Å². The molecule has 1 saturated heterocycles. The highest BCUT2D eigenvalue weighted by atomic mass is 16.7. The van der Waals surface area contributed by atoms with E-state index in [2.05, 4.69) is 11.8 Å². The van der Waals surface area contributed by atoms with Crippen LogP contribution in [0.15, 0.2) is 12.1 Å². The molecule has 2 aliphatic heterocycles. The lowest BCUT2D eigenvalue weighted by atomic mass is 9.77. The summed E-state index contributed by atoms with van der Waals surface area (Å²) in [7, 11) is 1.62. The molecule has 24 heavy (non-hydrogen) atoms. The van der Waals surface area contributed by atoms with Crippen molar-refractivity contribution in [2.24, 2.45) is 5.41 Å². The zero-order valence-corrected chi connectivity index (χ0v) is 14.3. The molecule has 6 heteroatoms. The van der Waals surface area contributed by atoms with Gasteiger partial charge in [-0.2, -0.15) is 0 Å². The minimum Gasteiger partial charge on any atom is -0.481 e. The molecule has 1 aromatic rings. The molecule has 1 fully saturated rings. The highest BCUT2D eigenvalue weighted by molar-refractivity contribution is 5.75. The normalized spacial score (nSPS) is 23.4. The highest BCUT2D eigenvalue weighted by Gasteiger charge is 2.42. The lowest BCUT2D eigenvalue weighted by Crippen LogP contribution is -2.48. The number of nitrogens with zero attached hydrogens (tertiary/aromatic N) is 1. The van der Waals surface area contributed by atoms with Crippen molar-refractivity contribution in [2.75, 3.05) is 33.6 Å². The largest absolute Gasteiger partial charge is 0.481 e. The second-order valence-corrected chi connectivity index (χ2v) is 6.77. The van der Waals surface area contributed by atoms with Gasteiger partial charge in [0.2, 0.25) is 6.79 Å². The van der Waals surface area contributed by atoms with Crippen molar-refractivity contribution in [2.45, 2.75) is 32.7 Å². The summed E-state index contributed by atoms with van der Waals surface area (Å²) in [6, 6.07) is 4.01. The van der Waals surface area contributed by atoms with Crippen molar-refractivity contribution in [3.05, 3.63) is 23.3 Å². The summed E-state index contributed by atoms with van der Waals surface area (Å²) in [4.78, 5) is 14.1. The molecule has 2 heterocycles. The second-order valence-electron chi connectivity index (χ2n) is 6.77. The summed E-state index contributed by atoms with van der Waals surface area (Å²) >= 11 is 0. The lowest BCUT2D eigenvalue weighted by Gasteiger charge is -2.40. The standard InChI is InChI=1S/C18H25NO5/c1-13-8-15-16(24-12-23-15)9-14(13)10-19-6-3-4-18(11-19,17(20)21)5-7-22-2/h8-9H,3-7,10-12H2,1-2H3,(H,20,21). The van der Waals surface area contributed by atoms with E-state index in [1.54, 1.807) is 7.11 Å². The quantitative estimate of drug-likeness (QED) is 0.861. The van der Waals surface area contributed by atoms with Gasteiger partial charge in [-0.25, -0.2) is 0 Å². The average Bonchev–Trinajstić information content (AvgIpc) is 3.00. The van der Waals surface area contributed by atoms with Gasteiger partial charge in [0, 0.05) is 26.8 Å². The van der Waals surface area contributed by atoms with Crippen LogP contribution in [0.1, 0.15) is 30.4 Å². The molecule has 1 N–H and O–H groups in total. The molecule has 0 amide bonds. The monoisotopic (exact) mass is 335 g/mol. The summed E-state index contributed by atoms with van der Waals surface area (Å²) < 4.78 is 16.0. The first-order chi connectivity index (χ1) is 11.5. The molecule has 1 unspecified atom stereocenters. The Bertz CT molecular complexity index is 618. The number of piperidine rings is 1. The van der Waals surface area contributed by atoms with Crippen molar-refractivity contribution in [3.8, 4) is 11.5 Å². The Morgan fingerprint density at radius 2 is 2.12 bits per heavy atom. The number of benzene rings is 1. The molecule has 0 spiro atoms. The number of aryl methyl sites for hydroxylation is 1. The summed E-state index contributed by atoms with van der Waals surface area (Å²) in [6.45, 7) is 4.99. The first kappa shape index (κ1) is 17.0. The smallest absolute Gasteiger partial charge is 0.311 e. The first-order valence-electron chi connectivity index (χ1n) is 8.38. The average molecular weight is 335 g/mol. The summed E-state index contributed by atoms with van der Waals surface area (Å²) in [5, 5.41) is 9.76. The van der Waals surface area contributed by atoms with Gasteiger partial charge in [0.05, 0.1) is 5.41 Å². The van der Waals surface area contributed by atoms with Crippen LogP contribution in [-0.2, 0) is 16.1 Å². The predicted molar refractivity (Wildman–Crippen MR) is 88.4 cm³/mol. The second kappa shape index (κ2) is 6.99. The topological polar surface area (TPSA) is 68.2 Å². The Balaban J connectivity index is 1.74. The maximum atomic E-state index is 11.9. The van der Waals surface area contributed by atoms with E-state index in [4.69, 9.17) is 14.2 Å². The molecule has 6 nitrogen and oxygen atoms in total. The molecule has 0 aromatic heterocycles. The molecular weight excluding hydrogens is 310 g/mol. The van der Waals surface area contributed by atoms with Crippen LogP contribution in [0.25, 0.3) is 0 Å². The molecule has 1 aromatic carbocycles. The van der Waals surface area contributed by atoms with Crippen molar-refractivity contribution < 1.29 is 24.1 Å². The number of fused-ring (bicyclic) bond motifs is 1. The van der Waals surface area contributed by atoms with Gasteiger partial charge < -0.3 is 19.3 Å². The number of carboxylic acids is 1. The number of carboxylic acid groups (broad SMARTS) is 1. The molecular formula is C18H25NO5. The molecule has 3 rings (SSSR count). The third kappa shape index (κ3) is 3.35. The van der Waals surface area contributed by atoms with Gasteiger partial charge in [-0.1, -0.05) is 0 Å². The van der Waals surface area contributed by atoms with Crippen molar-refractivity contribution in [3.63, 3.8) is 0 Å². The minimum atomic E-state index is -0.716. The number of aliphatic carboxylic acids is 1. The summed E-state index contributed by atoms with van der Waals surface area (Å²) in [6.07, 6.45) is 2.15. The Morgan fingerprint density at radius 1 is 1.38 bits per heavy atom. The van der Waals surface area contributed by atoms with Crippen molar-refractivity contribution in [1.82, 2.24) is 4.90 Å². The van der Waals surface area contributed by atoms with Crippen LogP contribution in [0.5, 0.6) is 11.5 Å². The first-order valence-corrected chi connectivity index (χ1v) is 8.38. The minimum absolute atomic E-state index is 0.265. The maximum absolute atomic E-state index is 11.9. The SMILES string of the molecule is COCCC1(C(=O)O)CCCN(Cc2cc3c(cc2C)OCO3)C1. The molecule has 2 aliphatic rings. The molecule has 0 saturated carbocycles. The fourth-order valence-electron chi connectivity index (χ4n) is 3.64. The van der Waals surface area contributed by atoms with Gasteiger partial charge in [0.25, 0.3) is 0 Å². The zero-order chi connectivity index (χ0) is 17.2. The van der Waals surface area contributed by atoms with Crippen LogP contribution in [0.2, 0.25) is 0 Å². The van der Waals surface area contributed by atoms with Gasteiger partial charge in [0.1, 0.15) is 0 Å². The molecule has 0 aliphatic carbocycles.